The lowest BCUT2D eigenvalue weighted by molar-refractivity contribution is -0.143. The maximum atomic E-state index is 13.7. The minimum Gasteiger partial charge on any atom is -0.462 e. The first kappa shape index (κ1) is 21.9. The molecule has 1 heterocycles. The molecule has 0 bridgehead atoms. The highest BCUT2D eigenvalue weighted by Crippen LogP contribution is 2.34. The minimum atomic E-state index is -4.90. The summed E-state index contributed by atoms with van der Waals surface area (Å²) in [5.41, 5.74) is -2.36. The van der Waals surface area contributed by atoms with Crippen molar-refractivity contribution in [1.82, 2.24) is 9.78 Å². The van der Waals surface area contributed by atoms with E-state index in [9.17, 15) is 31.5 Å². The van der Waals surface area contributed by atoms with E-state index >= 15 is 0 Å². The van der Waals surface area contributed by atoms with E-state index in [0.717, 1.165) is 18.3 Å². The van der Waals surface area contributed by atoms with E-state index in [1.807, 2.05) is 0 Å². The number of alkyl halides is 3. The Hall–Kier alpha value is -3.76. The molecule has 1 N–H and O–H groups in total. The molecule has 6 nitrogen and oxygen atoms in total. The number of carbonyl (C=O) groups is 2. The molecule has 11 heteroatoms. The SMILES string of the molecule is CCOC(=O)c1cnn(-c2ccc(NC(=O)c3ccc(F)cc3F)cc2)c1C(F)(F)F. The summed E-state index contributed by atoms with van der Waals surface area (Å²) < 4.78 is 72.5. The van der Waals surface area contributed by atoms with Gasteiger partial charge in [-0.15, -0.1) is 0 Å². The Morgan fingerprint density at radius 2 is 1.74 bits per heavy atom. The molecule has 1 amide bonds. The molecule has 0 aliphatic carbocycles. The second-order valence-electron chi connectivity index (χ2n) is 6.16. The van der Waals surface area contributed by atoms with Crippen molar-refractivity contribution in [2.45, 2.75) is 13.1 Å². The molecule has 0 unspecified atom stereocenters. The number of esters is 1. The van der Waals surface area contributed by atoms with E-state index in [2.05, 4.69) is 15.2 Å². The van der Waals surface area contributed by atoms with E-state index in [0.29, 0.717) is 10.7 Å². The van der Waals surface area contributed by atoms with Gasteiger partial charge in [0.2, 0.25) is 0 Å². The maximum absolute atomic E-state index is 13.7. The van der Waals surface area contributed by atoms with Crippen LogP contribution in [0.5, 0.6) is 0 Å². The highest BCUT2D eigenvalue weighted by Gasteiger charge is 2.41. The van der Waals surface area contributed by atoms with Gasteiger partial charge >= 0.3 is 12.1 Å². The van der Waals surface area contributed by atoms with Crippen LogP contribution >= 0.6 is 0 Å². The number of carbonyl (C=O) groups excluding carboxylic acids is 2. The second-order valence-corrected chi connectivity index (χ2v) is 6.16. The molecule has 3 rings (SSSR count). The average molecular weight is 439 g/mol. The van der Waals surface area contributed by atoms with Gasteiger partial charge in [0.05, 0.1) is 24.1 Å². The fourth-order valence-corrected chi connectivity index (χ4v) is 2.73. The highest BCUT2D eigenvalue weighted by molar-refractivity contribution is 6.04. The lowest BCUT2D eigenvalue weighted by atomic mass is 10.2. The number of amides is 1. The normalized spacial score (nSPS) is 11.3. The molecule has 0 fully saturated rings. The Labute approximate surface area is 172 Å². The number of nitrogens with one attached hydrogen (secondary N) is 1. The Kier molecular flexibility index (Phi) is 6.04. The van der Waals surface area contributed by atoms with E-state index in [-0.39, 0.29) is 18.0 Å². The summed E-state index contributed by atoms with van der Waals surface area (Å²) >= 11 is 0. The third kappa shape index (κ3) is 4.71. The third-order valence-electron chi connectivity index (χ3n) is 4.08. The van der Waals surface area contributed by atoms with Crippen LogP contribution in [0.1, 0.15) is 33.3 Å². The summed E-state index contributed by atoms with van der Waals surface area (Å²) in [6.07, 6.45) is -4.14. The lowest BCUT2D eigenvalue weighted by Crippen LogP contribution is -2.18. The van der Waals surface area contributed by atoms with E-state index in [4.69, 9.17) is 0 Å². The van der Waals surface area contributed by atoms with E-state index in [1.54, 1.807) is 0 Å². The Bertz CT molecular complexity index is 1120. The van der Waals surface area contributed by atoms with Crippen LogP contribution in [0, 0.1) is 11.6 Å². The fourth-order valence-electron chi connectivity index (χ4n) is 2.73. The first-order chi connectivity index (χ1) is 14.6. The number of hydrogen-bond acceptors (Lipinski definition) is 4. The number of nitrogens with zero attached hydrogens (tertiary/aromatic N) is 2. The van der Waals surface area contributed by atoms with Crippen molar-refractivity contribution in [1.29, 1.82) is 0 Å². The van der Waals surface area contributed by atoms with Crippen molar-refractivity contribution in [3.05, 3.63) is 77.1 Å². The van der Waals surface area contributed by atoms with Gasteiger partial charge in [-0.3, -0.25) is 4.79 Å². The zero-order valence-electron chi connectivity index (χ0n) is 15.8. The molecular weight excluding hydrogens is 425 g/mol. The number of halogens is 5. The first-order valence-electron chi connectivity index (χ1n) is 8.81. The lowest BCUT2D eigenvalue weighted by Gasteiger charge is -2.13. The monoisotopic (exact) mass is 439 g/mol. The van der Waals surface area contributed by atoms with Crippen LogP contribution in [0.25, 0.3) is 5.69 Å². The van der Waals surface area contributed by atoms with Crippen LogP contribution < -0.4 is 5.32 Å². The second kappa shape index (κ2) is 8.54. The molecule has 0 spiro atoms. The summed E-state index contributed by atoms with van der Waals surface area (Å²) in [5, 5.41) is 5.99. The summed E-state index contributed by atoms with van der Waals surface area (Å²) in [5.74, 6) is -3.94. The predicted octanol–water partition coefficient (Wildman–Crippen LogP) is 4.60. The molecule has 1 aromatic heterocycles. The average Bonchev–Trinajstić information content (AvgIpc) is 3.14. The van der Waals surface area contributed by atoms with E-state index in [1.165, 1.54) is 31.2 Å². The van der Waals surface area contributed by atoms with Gasteiger partial charge in [0.15, 0.2) is 5.69 Å². The minimum absolute atomic E-state index is 0.0474. The summed E-state index contributed by atoms with van der Waals surface area (Å²) in [7, 11) is 0. The maximum Gasteiger partial charge on any atom is 0.434 e. The number of ether oxygens (including phenoxy) is 1. The standard InChI is InChI=1S/C20H14F5N3O3/c1-2-31-19(30)15-10-26-28(17(15)20(23,24)25)13-6-4-12(5-7-13)27-18(29)14-8-3-11(21)9-16(14)22/h3-10H,2H2,1H3,(H,27,29). The van der Waals surface area contributed by atoms with Crippen molar-refractivity contribution in [3.8, 4) is 5.69 Å². The number of hydrogen-bond donors (Lipinski definition) is 1. The summed E-state index contributed by atoms with van der Waals surface area (Å²) in [4.78, 5) is 24.0. The first-order valence-corrected chi connectivity index (χ1v) is 8.81. The smallest absolute Gasteiger partial charge is 0.434 e. The largest absolute Gasteiger partial charge is 0.462 e. The quantitative estimate of drug-likeness (QED) is 0.466. The molecular formula is C20H14F5N3O3. The van der Waals surface area contributed by atoms with Gasteiger partial charge in [-0.1, -0.05) is 0 Å². The Balaban J connectivity index is 1.88. The van der Waals surface area contributed by atoms with Gasteiger partial charge in [-0.2, -0.15) is 18.3 Å². The van der Waals surface area contributed by atoms with Crippen LogP contribution in [0.4, 0.5) is 27.6 Å². The van der Waals surface area contributed by atoms with Gasteiger partial charge in [-0.25, -0.2) is 18.3 Å². The molecule has 3 aromatic rings. The number of benzene rings is 2. The van der Waals surface area contributed by atoms with Crippen LogP contribution in [0.15, 0.2) is 48.7 Å². The molecule has 0 aliphatic heterocycles. The van der Waals surface area contributed by atoms with Gasteiger partial charge < -0.3 is 10.1 Å². The van der Waals surface area contributed by atoms with Gasteiger partial charge in [0, 0.05) is 11.8 Å². The predicted molar refractivity (Wildman–Crippen MR) is 98.8 cm³/mol. The van der Waals surface area contributed by atoms with Crippen molar-refractivity contribution < 1.29 is 36.3 Å². The number of aromatic nitrogens is 2. The van der Waals surface area contributed by atoms with Crippen LogP contribution in [-0.2, 0) is 10.9 Å². The van der Waals surface area contributed by atoms with Crippen molar-refractivity contribution in [2.24, 2.45) is 0 Å². The van der Waals surface area contributed by atoms with Gasteiger partial charge in [0.25, 0.3) is 5.91 Å². The fraction of sp³-hybridized carbons (Fsp3) is 0.150. The highest BCUT2D eigenvalue weighted by atomic mass is 19.4. The number of anilines is 1. The zero-order chi connectivity index (χ0) is 22.8. The van der Waals surface area contributed by atoms with Crippen molar-refractivity contribution >= 4 is 17.6 Å². The van der Waals surface area contributed by atoms with Crippen molar-refractivity contribution in [3.63, 3.8) is 0 Å². The topological polar surface area (TPSA) is 73.2 Å². The molecule has 2 aromatic carbocycles. The molecule has 0 atom stereocenters. The molecule has 0 radical (unpaired) electrons. The molecule has 0 saturated carbocycles. The Morgan fingerprint density at radius 1 is 1.06 bits per heavy atom. The molecule has 0 saturated heterocycles. The van der Waals surface area contributed by atoms with Gasteiger partial charge in [0.1, 0.15) is 17.2 Å². The van der Waals surface area contributed by atoms with E-state index < -0.39 is 46.5 Å². The van der Waals surface area contributed by atoms with Crippen LogP contribution in [-0.4, -0.2) is 28.3 Å². The molecule has 162 valence electrons. The van der Waals surface area contributed by atoms with Gasteiger partial charge in [-0.05, 0) is 43.3 Å². The van der Waals surface area contributed by atoms with Crippen LogP contribution in [0.2, 0.25) is 0 Å². The molecule has 31 heavy (non-hydrogen) atoms. The summed E-state index contributed by atoms with van der Waals surface area (Å²) in [6, 6.07) is 7.39. The third-order valence-corrected chi connectivity index (χ3v) is 4.08. The number of rotatable bonds is 5. The van der Waals surface area contributed by atoms with Crippen LogP contribution in [0.3, 0.4) is 0 Å². The van der Waals surface area contributed by atoms with Crippen molar-refractivity contribution in [2.75, 3.05) is 11.9 Å². The zero-order valence-corrected chi connectivity index (χ0v) is 15.8. The molecule has 0 aliphatic rings. The summed E-state index contributed by atoms with van der Waals surface area (Å²) in [6.45, 7) is 1.35. The Morgan fingerprint density at radius 3 is 2.32 bits per heavy atom.